The predicted octanol–water partition coefficient (Wildman–Crippen LogP) is 6.02. The highest BCUT2D eigenvalue weighted by Crippen LogP contribution is 2.30. The second-order valence-electron chi connectivity index (χ2n) is 5.90. The van der Waals surface area contributed by atoms with Crippen molar-refractivity contribution in [3.8, 4) is 17.1 Å². The normalized spacial score (nSPS) is 10.9. The van der Waals surface area contributed by atoms with Crippen LogP contribution < -0.4 is 0 Å². The minimum absolute atomic E-state index is 0.279. The van der Waals surface area contributed by atoms with E-state index in [1.165, 1.54) is 17.7 Å². The molecule has 0 atom stereocenters. The van der Waals surface area contributed by atoms with Crippen LogP contribution in [0, 0.1) is 5.82 Å². The van der Waals surface area contributed by atoms with E-state index in [1.807, 2.05) is 47.0 Å². The van der Waals surface area contributed by atoms with Crippen molar-refractivity contribution < 1.29 is 4.39 Å². The summed E-state index contributed by atoms with van der Waals surface area (Å²) in [7, 11) is 0. The summed E-state index contributed by atoms with van der Waals surface area (Å²) in [4.78, 5) is 0. The number of halogens is 2. The van der Waals surface area contributed by atoms with E-state index >= 15 is 0 Å². The van der Waals surface area contributed by atoms with E-state index in [-0.39, 0.29) is 5.82 Å². The summed E-state index contributed by atoms with van der Waals surface area (Å²) < 4.78 is 15.3. The van der Waals surface area contributed by atoms with Gasteiger partial charge in [0.2, 0.25) is 0 Å². The summed E-state index contributed by atoms with van der Waals surface area (Å²) in [6.07, 6.45) is 0. The molecule has 0 aliphatic carbocycles. The quantitative estimate of drug-likeness (QED) is 0.387. The van der Waals surface area contributed by atoms with Crippen molar-refractivity contribution in [1.29, 1.82) is 0 Å². The van der Waals surface area contributed by atoms with Crippen LogP contribution in [0.3, 0.4) is 0 Å². The van der Waals surface area contributed by atoms with Crippen LogP contribution in [-0.2, 0) is 5.75 Å². The minimum Gasteiger partial charge on any atom is -0.270 e. The lowest BCUT2D eigenvalue weighted by atomic mass is 10.2. The molecule has 6 heteroatoms. The van der Waals surface area contributed by atoms with E-state index in [2.05, 4.69) is 22.3 Å². The third kappa shape index (κ3) is 4.04. The molecule has 1 aromatic heterocycles. The van der Waals surface area contributed by atoms with Crippen LogP contribution in [0.5, 0.6) is 0 Å². The van der Waals surface area contributed by atoms with Crippen molar-refractivity contribution in [3.63, 3.8) is 0 Å². The lowest BCUT2D eigenvalue weighted by Gasteiger charge is -2.10. The molecule has 3 nitrogen and oxygen atoms in total. The van der Waals surface area contributed by atoms with E-state index in [0.717, 1.165) is 22.2 Å². The van der Waals surface area contributed by atoms with Gasteiger partial charge in [0.25, 0.3) is 0 Å². The highest BCUT2D eigenvalue weighted by molar-refractivity contribution is 7.98. The summed E-state index contributed by atoms with van der Waals surface area (Å²) in [6.45, 7) is 0. The van der Waals surface area contributed by atoms with Crippen LogP contribution >= 0.6 is 23.4 Å². The van der Waals surface area contributed by atoms with E-state index in [0.29, 0.717) is 10.8 Å². The predicted molar refractivity (Wildman–Crippen MR) is 108 cm³/mol. The first-order valence-corrected chi connectivity index (χ1v) is 9.71. The van der Waals surface area contributed by atoms with Crippen LogP contribution in [0.4, 0.5) is 4.39 Å². The molecule has 4 rings (SSSR count). The first kappa shape index (κ1) is 17.8. The highest BCUT2D eigenvalue weighted by atomic mass is 35.5. The molecule has 0 N–H and O–H groups in total. The number of hydrogen-bond acceptors (Lipinski definition) is 3. The number of benzene rings is 3. The first-order valence-electron chi connectivity index (χ1n) is 8.35. The summed E-state index contributed by atoms with van der Waals surface area (Å²) in [5.74, 6) is 1.17. The zero-order valence-electron chi connectivity index (χ0n) is 14.2. The van der Waals surface area contributed by atoms with Crippen LogP contribution in [-0.4, -0.2) is 14.8 Å². The maximum Gasteiger partial charge on any atom is 0.196 e. The third-order valence-corrected chi connectivity index (χ3v) is 5.28. The van der Waals surface area contributed by atoms with E-state index in [4.69, 9.17) is 11.6 Å². The van der Waals surface area contributed by atoms with Crippen LogP contribution in [0.25, 0.3) is 17.1 Å². The molecule has 0 saturated carbocycles. The van der Waals surface area contributed by atoms with Gasteiger partial charge in [-0.05, 0) is 54.1 Å². The molecule has 0 fully saturated rings. The third-order valence-electron chi connectivity index (χ3n) is 4.03. The number of thioether (sulfide) groups is 1. The Morgan fingerprint density at radius 1 is 0.852 bits per heavy atom. The van der Waals surface area contributed by atoms with Gasteiger partial charge in [-0.1, -0.05) is 53.7 Å². The number of nitrogens with zero attached hydrogens (tertiary/aromatic N) is 3. The zero-order valence-corrected chi connectivity index (χ0v) is 15.8. The Bertz CT molecular complexity index is 1030. The molecule has 0 spiro atoms. The minimum atomic E-state index is -0.279. The smallest absolute Gasteiger partial charge is 0.196 e. The Morgan fingerprint density at radius 3 is 2.26 bits per heavy atom. The van der Waals surface area contributed by atoms with Crippen LogP contribution in [0.1, 0.15) is 5.56 Å². The van der Waals surface area contributed by atoms with Crippen LogP contribution in [0.15, 0.2) is 84.0 Å². The summed E-state index contributed by atoms with van der Waals surface area (Å²) in [5.41, 5.74) is 2.90. The molecule has 3 aromatic carbocycles. The Labute approximate surface area is 165 Å². The van der Waals surface area contributed by atoms with Gasteiger partial charge in [-0.25, -0.2) is 4.39 Å². The van der Waals surface area contributed by atoms with Crippen molar-refractivity contribution in [2.45, 2.75) is 10.9 Å². The Kier molecular flexibility index (Phi) is 5.23. The molecule has 0 bridgehead atoms. The monoisotopic (exact) mass is 395 g/mol. The SMILES string of the molecule is Fc1ccc(-n2c(SCc3ccccc3)nnc2-c2ccc(Cl)cc2)cc1. The molecule has 1 heterocycles. The van der Waals surface area contributed by atoms with Crippen molar-refractivity contribution in [1.82, 2.24) is 14.8 Å². The molecule has 0 unspecified atom stereocenters. The van der Waals surface area contributed by atoms with Crippen molar-refractivity contribution in [3.05, 3.63) is 95.3 Å². The van der Waals surface area contributed by atoms with Gasteiger partial charge in [0.15, 0.2) is 11.0 Å². The van der Waals surface area contributed by atoms with Gasteiger partial charge in [-0.2, -0.15) is 0 Å². The lowest BCUT2D eigenvalue weighted by Crippen LogP contribution is -2.00. The highest BCUT2D eigenvalue weighted by Gasteiger charge is 2.16. The molecular formula is C21H15ClFN3S. The van der Waals surface area contributed by atoms with Gasteiger partial charge in [-0.15, -0.1) is 10.2 Å². The summed E-state index contributed by atoms with van der Waals surface area (Å²) in [5, 5.41) is 10.2. The van der Waals surface area contributed by atoms with Crippen molar-refractivity contribution >= 4 is 23.4 Å². The number of aromatic nitrogens is 3. The zero-order chi connectivity index (χ0) is 18.6. The van der Waals surface area contributed by atoms with E-state index < -0.39 is 0 Å². The van der Waals surface area contributed by atoms with Gasteiger partial charge in [0.05, 0.1) is 0 Å². The summed E-state index contributed by atoms with van der Waals surface area (Å²) >= 11 is 7.59. The second kappa shape index (κ2) is 7.94. The average Bonchev–Trinajstić information content (AvgIpc) is 3.12. The fraction of sp³-hybridized carbons (Fsp3) is 0.0476. The lowest BCUT2D eigenvalue weighted by molar-refractivity contribution is 0.627. The Morgan fingerprint density at radius 2 is 1.56 bits per heavy atom. The second-order valence-corrected chi connectivity index (χ2v) is 7.28. The Hall–Kier alpha value is -2.63. The Balaban J connectivity index is 1.74. The molecule has 0 saturated heterocycles. The molecule has 27 heavy (non-hydrogen) atoms. The van der Waals surface area contributed by atoms with Gasteiger partial charge < -0.3 is 0 Å². The van der Waals surface area contributed by atoms with Crippen molar-refractivity contribution in [2.24, 2.45) is 0 Å². The first-order chi connectivity index (χ1) is 13.2. The largest absolute Gasteiger partial charge is 0.270 e. The van der Waals surface area contributed by atoms with E-state index in [1.54, 1.807) is 23.9 Å². The van der Waals surface area contributed by atoms with Gasteiger partial charge in [0.1, 0.15) is 5.82 Å². The summed E-state index contributed by atoms with van der Waals surface area (Å²) in [6, 6.07) is 23.9. The number of rotatable bonds is 5. The molecule has 134 valence electrons. The fourth-order valence-corrected chi connectivity index (χ4v) is 3.73. The molecule has 0 amide bonds. The topological polar surface area (TPSA) is 30.7 Å². The maximum absolute atomic E-state index is 13.4. The van der Waals surface area contributed by atoms with Crippen molar-refractivity contribution in [2.75, 3.05) is 0 Å². The molecule has 0 aliphatic rings. The molecule has 0 aliphatic heterocycles. The van der Waals surface area contributed by atoms with Crippen LogP contribution in [0.2, 0.25) is 5.02 Å². The molecular weight excluding hydrogens is 381 g/mol. The average molecular weight is 396 g/mol. The van der Waals surface area contributed by atoms with Gasteiger partial charge in [-0.3, -0.25) is 4.57 Å². The number of hydrogen-bond donors (Lipinski definition) is 0. The standard InChI is InChI=1S/C21H15ClFN3S/c22-17-8-6-16(7-9-17)20-24-25-21(27-14-15-4-2-1-3-5-15)26(20)19-12-10-18(23)11-13-19/h1-13H,14H2. The molecule has 4 aromatic rings. The fourth-order valence-electron chi connectivity index (χ4n) is 2.69. The van der Waals surface area contributed by atoms with E-state index in [9.17, 15) is 4.39 Å². The van der Waals surface area contributed by atoms with Gasteiger partial charge in [0, 0.05) is 22.0 Å². The molecule has 0 radical (unpaired) electrons. The van der Waals surface area contributed by atoms with Gasteiger partial charge >= 0.3 is 0 Å². The maximum atomic E-state index is 13.4.